The highest BCUT2D eigenvalue weighted by Crippen LogP contribution is 2.17. The number of aryl methyl sites for hydroxylation is 1. The fourth-order valence-corrected chi connectivity index (χ4v) is 1.49. The maximum Gasteiger partial charge on any atom is 0.0705 e. The van der Waals surface area contributed by atoms with Crippen molar-refractivity contribution < 1.29 is 0 Å². The predicted octanol–water partition coefficient (Wildman–Crippen LogP) is 2.00. The van der Waals surface area contributed by atoms with Crippen molar-refractivity contribution in [2.45, 2.75) is 13.5 Å². The number of nitrogens with two attached hydrogens (primary N) is 1. The molecule has 0 atom stereocenters. The Hall–Kier alpha value is -1.41. The van der Waals surface area contributed by atoms with E-state index in [9.17, 15) is 0 Å². The lowest BCUT2D eigenvalue weighted by Gasteiger charge is -2.03. The maximum atomic E-state index is 5.64. The van der Waals surface area contributed by atoms with Gasteiger partial charge in [0.2, 0.25) is 0 Å². The Labute approximate surface area is 77.4 Å². The Kier molecular flexibility index (Phi) is 1.99. The summed E-state index contributed by atoms with van der Waals surface area (Å²) in [6.07, 6.45) is 1.81. The lowest BCUT2D eigenvalue weighted by atomic mass is 10.1. The minimum atomic E-state index is 0.572. The van der Waals surface area contributed by atoms with E-state index in [-0.39, 0.29) is 0 Å². The molecule has 0 amide bonds. The first kappa shape index (κ1) is 8.20. The van der Waals surface area contributed by atoms with Crippen LogP contribution in [0.25, 0.3) is 10.9 Å². The zero-order chi connectivity index (χ0) is 9.26. The largest absolute Gasteiger partial charge is 0.326 e. The molecule has 0 unspecified atom stereocenters. The molecule has 0 bridgehead atoms. The fraction of sp³-hybridized carbons (Fsp3) is 0.182. The summed E-state index contributed by atoms with van der Waals surface area (Å²) in [5, 5.41) is 1.17. The van der Waals surface area contributed by atoms with Gasteiger partial charge in [0.05, 0.1) is 5.52 Å². The molecule has 2 N–H and O–H groups in total. The number of pyridine rings is 1. The van der Waals surface area contributed by atoms with Crippen LogP contribution in [-0.4, -0.2) is 4.98 Å². The van der Waals surface area contributed by atoms with Crippen LogP contribution in [0, 0.1) is 6.92 Å². The predicted molar refractivity (Wildman–Crippen MR) is 54.4 cm³/mol. The van der Waals surface area contributed by atoms with Gasteiger partial charge in [-0.25, -0.2) is 0 Å². The Balaban J connectivity index is 2.79. The first-order valence-electron chi connectivity index (χ1n) is 4.35. The molecule has 1 aromatic carbocycles. The smallest absolute Gasteiger partial charge is 0.0705 e. The van der Waals surface area contributed by atoms with Gasteiger partial charge < -0.3 is 5.73 Å². The summed E-state index contributed by atoms with van der Waals surface area (Å²) in [7, 11) is 0. The van der Waals surface area contributed by atoms with Crippen molar-refractivity contribution in [3.63, 3.8) is 0 Å². The van der Waals surface area contributed by atoms with E-state index < -0.39 is 0 Å². The highest BCUT2D eigenvalue weighted by atomic mass is 14.7. The maximum absolute atomic E-state index is 5.64. The van der Waals surface area contributed by atoms with Crippen LogP contribution < -0.4 is 5.73 Å². The molecule has 0 aliphatic carbocycles. The monoisotopic (exact) mass is 172 g/mol. The number of hydrogen-bond acceptors (Lipinski definition) is 2. The van der Waals surface area contributed by atoms with E-state index in [2.05, 4.69) is 24.0 Å². The van der Waals surface area contributed by atoms with Crippen molar-refractivity contribution in [2.75, 3.05) is 0 Å². The van der Waals surface area contributed by atoms with Gasteiger partial charge in [0.25, 0.3) is 0 Å². The molecule has 0 fully saturated rings. The summed E-state index contributed by atoms with van der Waals surface area (Å²) in [5.41, 5.74) is 9.07. The van der Waals surface area contributed by atoms with Crippen LogP contribution in [0.2, 0.25) is 0 Å². The van der Waals surface area contributed by atoms with Crippen LogP contribution in [0.15, 0.2) is 30.5 Å². The Bertz CT molecular complexity index is 435. The molecule has 2 aromatic rings. The molecular formula is C11H12N2. The van der Waals surface area contributed by atoms with Crippen LogP contribution in [-0.2, 0) is 6.54 Å². The van der Waals surface area contributed by atoms with Crippen molar-refractivity contribution in [1.82, 2.24) is 4.98 Å². The first-order valence-corrected chi connectivity index (χ1v) is 4.35. The summed E-state index contributed by atoms with van der Waals surface area (Å²) in [6, 6.07) is 8.20. The van der Waals surface area contributed by atoms with Crippen LogP contribution in [0.3, 0.4) is 0 Å². The van der Waals surface area contributed by atoms with Crippen LogP contribution in [0.4, 0.5) is 0 Å². The molecular weight excluding hydrogens is 160 g/mol. The molecule has 0 aliphatic rings. The van der Waals surface area contributed by atoms with Gasteiger partial charge in [0, 0.05) is 18.1 Å². The SMILES string of the molecule is Cc1ccc2nccc(CN)c2c1. The molecule has 0 saturated heterocycles. The van der Waals surface area contributed by atoms with Crippen LogP contribution in [0.5, 0.6) is 0 Å². The van der Waals surface area contributed by atoms with Gasteiger partial charge >= 0.3 is 0 Å². The number of aromatic nitrogens is 1. The van der Waals surface area contributed by atoms with Crippen molar-refractivity contribution in [3.05, 3.63) is 41.6 Å². The van der Waals surface area contributed by atoms with Gasteiger partial charge in [0.1, 0.15) is 0 Å². The minimum Gasteiger partial charge on any atom is -0.326 e. The number of benzene rings is 1. The summed E-state index contributed by atoms with van der Waals surface area (Å²) < 4.78 is 0. The number of nitrogens with zero attached hydrogens (tertiary/aromatic N) is 1. The quantitative estimate of drug-likeness (QED) is 0.714. The number of rotatable bonds is 1. The zero-order valence-corrected chi connectivity index (χ0v) is 7.62. The first-order chi connectivity index (χ1) is 6.31. The second-order valence-electron chi connectivity index (χ2n) is 3.19. The van der Waals surface area contributed by atoms with E-state index in [1.54, 1.807) is 6.20 Å². The van der Waals surface area contributed by atoms with Crippen molar-refractivity contribution in [2.24, 2.45) is 5.73 Å². The highest BCUT2D eigenvalue weighted by Gasteiger charge is 1.99. The molecule has 66 valence electrons. The molecule has 0 aliphatic heterocycles. The molecule has 13 heavy (non-hydrogen) atoms. The topological polar surface area (TPSA) is 38.9 Å². The van der Waals surface area contributed by atoms with Crippen LogP contribution in [0.1, 0.15) is 11.1 Å². The van der Waals surface area contributed by atoms with Gasteiger partial charge in [-0.05, 0) is 30.7 Å². The van der Waals surface area contributed by atoms with E-state index in [1.807, 2.05) is 12.1 Å². The molecule has 2 nitrogen and oxygen atoms in total. The van der Waals surface area contributed by atoms with E-state index in [0.29, 0.717) is 6.54 Å². The molecule has 2 heteroatoms. The summed E-state index contributed by atoms with van der Waals surface area (Å²) >= 11 is 0. The molecule has 0 saturated carbocycles. The van der Waals surface area contributed by atoms with Gasteiger partial charge in [-0.2, -0.15) is 0 Å². The third kappa shape index (κ3) is 1.40. The molecule has 0 radical (unpaired) electrons. The standard InChI is InChI=1S/C11H12N2/c1-8-2-3-11-10(6-8)9(7-12)4-5-13-11/h2-6H,7,12H2,1H3. The van der Waals surface area contributed by atoms with Gasteiger partial charge in [0.15, 0.2) is 0 Å². The average molecular weight is 172 g/mol. The third-order valence-corrected chi connectivity index (χ3v) is 2.21. The Morgan fingerprint density at radius 1 is 1.31 bits per heavy atom. The molecule has 1 aromatic heterocycles. The van der Waals surface area contributed by atoms with Crippen molar-refractivity contribution in [1.29, 1.82) is 0 Å². The Morgan fingerprint density at radius 3 is 2.92 bits per heavy atom. The lowest BCUT2D eigenvalue weighted by molar-refractivity contribution is 1.08. The van der Waals surface area contributed by atoms with Gasteiger partial charge in [-0.3, -0.25) is 4.98 Å². The van der Waals surface area contributed by atoms with Crippen LogP contribution >= 0.6 is 0 Å². The number of hydrogen-bond donors (Lipinski definition) is 1. The molecule has 0 spiro atoms. The van der Waals surface area contributed by atoms with E-state index in [1.165, 1.54) is 10.9 Å². The second-order valence-corrected chi connectivity index (χ2v) is 3.19. The summed E-state index contributed by atoms with van der Waals surface area (Å²) in [4.78, 5) is 4.28. The number of fused-ring (bicyclic) bond motifs is 1. The average Bonchev–Trinajstić information content (AvgIpc) is 2.17. The minimum absolute atomic E-state index is 0.572. The fourth-order valence-electron chi connectivity index (χ4n) is 1.49. The molecule has 2 rings (SSSR count). The third-order valence-electron chi connectivity index (χ3n) is 2.21. The highest BCUT2D eigenvalue weighted by molar-refractivity contribution is 5.82. The van der Waals surface area contributed by atoms with Gasteiger partial charge in [-0.15, -0.1) is 0 Å². The van der Waals surface area contributed by atoms with Crippen molar-refractivity contribution in [3.8, 4) is 0 Å². The molecule has 1 heterocycles. The Morgan fingerprint density at radius 2 is 2.15 bits per heavy atom. The second kappa shape index (κ2) is 3.15. The normalized spacial score (nSPS) is 10.6. The van der Waals surface area contributed by atoms with E-state index >= 15 is 0 Å². The van der Waals surface area contributed by atoms with Crippen molar-refractivity contribution >= 4 is 10.9 Å². The lowest BCUT2D eigenvalue weighted by Crippen LogP contribution is -1.97. The summed E-state index contributed by atoms with van der Waals surface area (Å²) in [6.45, 7) is 2.65. The zero-order valence-electron chi connectivity index (χ0n) is 7.62. The van der Waals surface area contributed by atoms with E-state index in [0.717, 1.165) is 11.1 Å². The van der Waals surface area contributed by atoms with Gasteiger partial charge in [-0.1, -0.05) is 11.6 Å². The summed E-state index contributed by atoms with van der Waals surface area (Å²) in [5.74, 6) is 0. The van der Waals surface area contributed by atoms with E-state index in [4.69, 9.17) is 5.73 Å².